The number of aromatic nitrogens is 3. The summed E-state index contributed by atoms with van der Waals surface area (Å²) in [5, 5.41) is 6.96. The molecule has 1 N–H and O–H groups in total. The van der Waals surface area contributed by atoms with Crippen molar-refractivity contribution in [3.63, 3.8) is 0 Å². The Kier molecular flexibility index (Phi) is 4.22. The Bertz CT molecular complexity index is 623. The van der Waals surface area contributed by atoms with Gasteiger partial charge in [-0.25, -0.2) is 4.98 Å². The SMILES string of the molecule is Cc1noc(C)c1CNc1nccn(CC(C)C)c1=O. The third-order valence-electron chi connectivity index (χ3n) is 3.09. The predicted octanol–water partition coefficient (Wildman–Crippen LogP) is 2.12. The van der Waals surface area contributed by atoms with Crippen LogP contribution < -0.4 is 10.9 Å². The van der Waals surface area contributed by atoms with E-state index < -0.39 is 0 Å². The number of rotatable bonds is 5. The quantitative estimate of drug-likeness (QED) is 0.905. The monoisotopic (exact) mass is 276 g/mol. The van der Waals surface area contributed by atoms with E-state index >= 15 is 0 Å². The first-order valence-corrected chi connectivity index (χ1v) is 6.70. The van der Waals surface area contributed by atoms with Gasteiger partial charge in [-0.3, -0.25) is 4.79 Å². The predicted molar refractivity (Wildman–Crippen MR) is 76.6 cm³/mol. The highest BCUT2D eigenvalue weighted by Crippen LogP contribution is 2.13. The van der Waals surface area contributed by atoms with Crippen LogP contribution in [0.5, 0.6) is 0 Å². The van der Waals surface area contributed by atoms with Gasteiger partial charge in [-0.1, -0.05) is 19.0 Å². The zero-order valence-corrected chi connectivity index (χ0v) is 12.3. The molecular formula is C14H20N4O2. The molecule has 2 rings (SSSR count). The van der Waals surface area contributed by atoms with Crippen LogP contribution in [0.3, 0.4) is 0 Å². The van der Waals surface area contributed by atoms with Crippen molar-refractivity contribution in [3.8, 4) is 0 Å². The van der Waals surface area contributed by atoms with Crippen LogP contribution in [0.4, 0.5) is 5.82 Å². The third-order valence-corrected chi connectivity index (χ3v) is 3.09. The molecule has 0 aliphatic rings. The van der Waals surface area contributed by atoms with Crippen molar-refractivity contribution >= 4 is 5.82 Å². The molecule has 0 saturated carbocycles. The summed E-state index contributed by atoms with van der Waals surface area (Å²) in [5.74, 6) is 1.52. The summed E-state index contributed by atoms with van der Waals surface area (Å²) >= 11 is 0. The molecule has 0 atom stereocenters. The summed E-state index contributed by atoms with van der Waals surface area (Å²) in [7, 11) is 0. The molecular weight excluding hydrogens is 256 g/mol. The molecule has 6 nitrogen and oxygen atoms in total. The lowest BCUT2D eigenvalue weighted by Gasteiger charge is -2.10. The average molecular weight is 276 g/mol. The van der Waals surface area contributed by atoms with Crippen molar-refractivity contribution in [2.75, 3.05) is 5.32 Å². The molecule has 0 amide bonds. The van der Waals surface area contributed by atoms with E-state index in [1.807, 2.05) is 13.8 Å². The molecule has 0 unspecified atom stereocenters. The molecule has 0 aliphatic carbocycles. The largest absolute Gasteiger partial charge is 0.361 e. The second-order valence-corrected chi connectivity index (χ2v) is 5.28. The van der Waals surface area contributed by atoms with Crippen LogP contribution in [0.2, 0.25) is 0 Å². The normalized spacial score (nSPS) is 11.1. The molecule has 0 fully saturated rings. The standard InChI is InChI=1S/C14H20N4O2/c1-9(2)8-18-6-5-15-13(14(18)19)16-7-12-10(3)17-20-11(12)4/h5-6,9H,7-8H2,1-4H3,(H,15,16). The first-order chi connectivity index (χ1) is 9.49. The van der Waals surface area contributed by atoms with Crippen molar-refractivity contribution in [1.82, 2.24) is 14.7 Å². The highest BCUT2D eigenvalue weighted by atomic mass is 16.5. The van der Waals surface area contributed by atoms with E-state index in [1.165, 1.54) is 0 Å². The first-order valence-electron chi connectivity index (χ1n) is 6.70. The number of aryl methyl sites for hydroxylation is 2. The lowest BCUT2D eigenvalue weighted by molar-refractivity contribution is 0.392. The van der Waals surface area contributed by atoms with Crippen molar-refractivity contribution in [2.24, 2.45) is 5.92 Å². The molecule has 20 heavy (non-hydrogen) atoms. The van der Waals surface area contributed by atoms with Crippen molar-refractivity contribution in [3.05, 3.63) is 39.8 Å². The second-order valence-electron chi connectivity index (χ2n) is 5.28. The van der Waals surface area contributed by atoms with Gasteiger partial charge in [0.1, 0.15) is 5.76 Å². The van der Waals surface area contributed by atoms with E-state index in [9.17, 15) is 4.79 Å². The maximum absolute atomic E-state index is 12.2. The van der Waals surface area contributed by atoms with Gasteiger partial charge in [0.25, 0.3) is 5.56 Å². The van der Waals surface area contributed by atoms with Crippen LogP contribution >= 0.6 is 0 Å². The summed E-state index contributed by atoms with van der Waals surface area (Å²) in [4.78, 5) is 16.3. The van der Waals surface area contributed by atoms with Crippen LogP contribution in [0.1, 0.15) is 30.9 Å². The summed E-state index contributed by atoms with van der Waals surface area (Å²) in [6.07, 6.45) is 3.35. The van der Waals surface area contributed by atoms with Gasteiger partial charge in [-0.05, 0) is 19.8 Å². The highest BCUT2D eigenvalue weighted by Gasteiger charge is 2.11. The van der Waals surface area contributed by atoms with Crippen LogP contribution in [0.25, 0.3) is 0 Å². The molecule has 0 bridgehead atoms. The van der Waals surface area contributed by atoms with Gasteiger partial charge >= 0.3 is 0 Å². The zero-order valence-electron chi connectivity index (χ0n) is 12.3. The molecule has 0 saturated heterocycles. The van der Waals surface area contributed by atoms with Crippen LogP contribution in [0.15, 0.2) is 21.7 Å². The molecule has 2 heterocycles. The van der Waals surface area contributed by atoms with Gasteiger partial charge in [-0.2, -0.15) is 0 Å². The van der Waals surface area contributed by atoms with Gasteiger partial charge < -0.3 is 14.4 Å². The summed E-state index contributed by atoms with van der Waals surface area (Å²) in [5.41, 5.74) is 1.69. The Hall–Kier alpha value is -2.11. The molecule has 108 valence electrons. The summed E-state index contributed by atoms with van der Waals surface area (Å²) in [6.45, 7) is 9.04. The fraction of sp³-hybridized carbons (Fsp3) is 0.500. The number of hydrogen-bond donors (Lipinski definition) is 1. The summed E-state index contributed by atoms with van der Waals surface area (Å²) < 4.78 is 6.77. The van der Waals surface area contributed by atoms with Gasteiger partial charge in [0.2, 0.25) is 0 Å². The lowest BCUT2D eigenvalue weighted by atomic mass is 10.2. The Labute approximate surface area is 117 Å². The molecule has 0 spiro atoms. The maximum atomic E-state index is 12.2. The van der Waals surface area contributed by atoms with Crippen molar-refractivity contribution < 1.29 is 4.52 Å². The molecule has 2 aromatic heterocycles. The minimum Gasteiger partial charge on any atom is -0.361 e. The Morgan fingerprint density at radius 3 is 2.75 bits per heavy atom. The average Bonchev–Trinajstić information content (AvgIpc) is 2.70. The molecule has 2 aromatic rings. The zero-order chi connectivity index (χ0) is 14.7. The van der Waals surface area contributed by atoms with Gasteiger partial charge in [-0.15, -0.1) is 0 Å². The number of nitrogens with zero attached hydrogens (tertiary/aromatic N) is 3. The van der Waals surface area contributed by atoms with E-state index in [0.717, 1.165) is 17.0 Å². The van der Waals surface area contributed by atoms with Crippen LogP contribution in [-0.4, -0.2) is 14.7 Å². The lowest BCUT2D eigenvalue weighted by Crippen LogP contribution is -2.26. The van der Waals surface area contributed by atoms with E-state index in [0.29, 0.717) is 24.8 Å². The minimum absolute atomic E-state index is 0.104. The van der Waals surface area contributed by atoms with Crippen molar-refractivity contribution in [2.45, 2.75) is 40.8 Å². The fourth-order valence-electron chi connectivity index (χ4n) is 2.03. The topological polar surface area (TPSA) is 73.0 Å². The molecule has 0 aromatic carbocycles. The van der Waals surface area contributed by atoms with E-state index in [2.05, 4.69) is 29.3 Å². The van der Waals surface area contributed by atoms with Crippen molar-refractivity contribution in [1.29, 1.82) is 0 Å². The number of nitrogens with one attached hydrogen (secondary N) is 1. The minimum atomic E-state index is -0.104. The van der Waals surface area contributed by atoms with E-state index in [-0.39, 0.29) is 5.56 Å². The Morgan fingerprint density at radius 1 is 1.40 bits per heavy atom. The second kappa shape index (κ2) is 5.90. The number of anilines is 1. The molecule has 0 aliphatic heterocycles. The number of hydrogen-bond acceptors (Lipinski definition) is 5. The molecule has 6 heteroatoms. The molecule has 0 radical (unpaired) electrons. The van der Waals surface area contributed by atoms with Gasteiger partial charge in [0, 0.05) is 31.0 Å². The summed E-state index contributed by atoms with van der Waals surface area (Å²) in [6, 6.07) is 0. The van der Waals surface area contributed by atoms with Gasteiger partial charge in [0.15, 0.2) is 5.82 Å². The third kappa shape index (κ3) is 3.07. The first kappa shape index (κ1) is 14.3. The highest BCUT2D eigenvalue weighted by molar-refractivity contribution is 5.34. The van der Waals surface area contributed by atoms with Crippen LogP contribution in [0, 0.1) is 19.8 Å². The van der Waals surface area contributed by atoms with Crippen LogP contribution in [-0.2, 0) is 13.1 Å². The smallest absolute Gasteiger partial charge is 0.293 e. The van der Waals surface area contributed by atoms with E-state index in [4.69, 9.17) is 4.52 Å². The Balaban J connectivity index is 2.16. The fourth-order valence-corrected chi connectivity index (χ4v) is 2.03. The Morgan fingerprint density at radius 2 is 2.15 bits per heavy atom. The maximum Gasteiger partial charge on any atom is 0.293 e. The van der Waals surface area contributed by atoms with E-state index in [1.54, 1.807) is 17.0 Å². The van der Waals surface area contributed by atoms with Gasteiger partial charge in [0.05, 0.1) is 5.69 Å².